The molecule has 7 nitrogen and oxygen atoms in total. The van der Waals surface area contributed by atoms with Crippen LogP contribution in [0.5, 0.6) is 0 Å². The summed E-state index contributed by atoms with van der Waals surface area (Å²) in [6, 6.07) is 11.7. The van der Waals surface area contributed by atoms with Crippen LogP contribution in [0.4, 0.5) is 24.9 Å². The summed E-state index contributed by atoms with van der Waals surface area (Å²) >= 11 is 0. The molecule has 4 rings (SSSR count). The first-order chi connectivity index (χ1) is 17.0. The number of hydrogen-bond acceptors (Lipinski definition) is 6. The second-order valence-electron chi connectivity index (χ2n) is 9.43. The van der Waals surface area contributed by atoms with Crippen LogP contribution in [0.3, 0.4) is 0 Å². The highest BCUT2D eigenvalue weighted by molar-refractivity contribution is 7.89. The van der Waals surface area contributed by atoms with Gasteiger partial charge in [-0.3, -0.25) is 0 Å². The van der Waals surface area contributed by atoms with Gasteiger partial charge in [-0.2, -0.15) is 18.2 Å². The number of rotatable bonds is 8. The smallest absolute Gasteiger partial charge is 0.362 e. The van der Waals surface area contributed by atoms with E-state index in [1.54, 1.807) is 0 Å². The predicted octanol–water partition coefficient (Wildman–Crippen LogP) is 4.91. The van der Waals surface area contributed by atoms with Crippen molar-refractivity contribution in [3.63, 3.8) is 0 Å². The van der Waals surface area contributed by atoms with E-state index in [1.165, 1.54) is 6.07 Å². The highest BCUT2D eigenvalue weighted by Gasteiger charge is 2.32. The zero-order valence-electron chi connectivity index (χ0n) is 20.2. The highest BCUT2D eigenvalue weighted by Crippen LogP contribution is 2.32. The van der Waals surface area contributed by atoms with Crippen molar-refractivity contribution >= 4 is 32.7 Å². The molecule has 36 heavy (non-hydrogen) atoms. The third-order valence-electron chi connectivity index (χ3n) is 6.56. The minimum Gasteiger partial charge on any atom is -0.362 e. The van der Waals surface area contributed by atoms with Gasteiger partial charge in [0.1, 0.15) is 5.82 Å². The minimum absolute atomic E-state index is 0.138. The van der Waals surface area contributed by atoms with Gasteiger partial charge in [-0.15, -0.1) is 0 Å². The first-order valence-electron chi connectivity index (χ1n) is 11.9. The molecule has 0 radical (unpaired) electrons. The fraction of sp³-hybridized carbons (Fsp3) is 0.440. The number of para-hydroxylation sites is 1. The maximum Gasteiger partial charge on any atom is 0.416 e. The van der Waals surface area contributed by atoms with Crippen LogP contribution in [-0.4, -0.2) is 45.6 Å². The number of fused-ring (bicyclic) bond motifs is 1. The molecule has 0 unspecified atom stereocenters. The van der Waals surface area contributed by atoms with Crippen LogP contribution < -0.4 is 14.9 Å². The molecule has 2 N–H and O–H groups in total. The molecule has 0 saturated heterocycles. The van der Waals surface area contributed by atoms with E-state index in [0.29, 0.717) is 24.5 Å². The largest absolute Gasteiger partial charge is 0.416 e. The van der Waals surface area contributed by atoms with E-state index in [1.807, 2.05) is 43.3 Å². The molecular formula is C25H30F3N5O2S. The molecule has 1 fully saturated rings. The molecule has 1 aromatic heterocycles. The van der Waals surface area contributed by atoms with Gasteiger partial charge in [-0.05, 0) is 67.9 Å². The van der Waals surface area contributed by atoms with Crippen molar-refractivity contribution in [3.8, 4) is 0 Å². The van der Waals surface area contributed by atoms with Crippen molar-refractivity contribution in [2.24, 2.45) is 11.8 Å². The van der Waals surface area contributed by atoms with E-state index in [2.05, 4.69) is 20.0 Å². The molecule has 0 bridgehead atoms. The van der Waals surface area contributed by atoms with Crippen LogP contribution in [0.1, 0.15) is 31.2 Å². The second kappa shape index (κ2) is 10.6. The summed E-state index contributed by atoms with van der Waals surface area (Å²) < 4.78 is 66.4. The van der Waals surface area contributed by atoms with Crippen molar-refractivity contribution in [1.82, 2.24) is 14.7 Å². The summed E-state index contributed by atoms with van der Waals surface area (Å²) in [6.07, 6.45) is -1.10. The lowest BCUT2D eigenvalue weighted by Gasteiger charge is -2.28. The summed E-state index contributed by atoms with van der Waals surface area (Å²) in [5.74, 6) is 1.96. The monoisotopic (exact) mass is 521 g/mol. The lowest BCUT2D eigenvalue weighted by molar-refractivity contribution is -0.137. The number of aromatic nitrogens is 2. The van der Waals surface area contributed by atoms with Gasteiger partial charge in [0.05, 0.1) is 16.0 Å². The molecule has 1 heterocycles. The van der Waals surface area contributed by atoms with Gasteiger partial charge < -0.3 is 10.2 Å². The van der Waals surface area contributed by atoms with E-state index in [0.717, 1.165) is 54.5 Å². The fourth-order valence-electron chi connectivity index (χ4n) is 4.51. The highest BCUT2D eigenvalue weighted by atomic mass is 32.2. The van der Waals surface area contributed by atoms with Crippen molar-refractivity contribution < 1.29 is 21.6 Å². The van der Waals surface area contributed by atoms with Crippen molar-refractivity contribution in [2.45, 2.75) is 36.8 Å². The third kappa shape index (κ3) is 6.25. The van der Waals surface area contributed by atoms with E-state index < -0.39 is 21.8 Å². The maximum absolute atomic E-state index is 12.9. The minimum atomic E-state index is -4.59. The Bertz CT molecular complexity index is 1310. The maximum atomic E-state index is 12.9. The Hall–Kier alpha value is -2.92. The number of hydrogen-bond donors (Lipinski definition) is 2. The molecule has 0 atom stereocenters. The number of nitrogens with zero attached hydrogens (tertiary/aromatic N) is 3. The van der Waals surface area contributed by atoms with E-state index >= 15 is 0 Å². The summed E-state index contributed by atoms with van der Waals surface area (Å²) in [6.45, 7) is 0.923. The van der Waals surface area contributed by atoms with E-state index in [4.69, 9.17) is 0 Å². The summed E-state index contributed by atoms with van der Waals surface area (Å²) in [5, 5.41) is 4.35. The molecule has 11 heteroatoms. The van der Waals surface area contributed by atoms with Gasteiger partial charge >= 0.3 is 6.18 Å². The molecule has 1 saturated carbocycles. The molecule has 0 amide bonds. The molecule has 1 aliphatic rings. The zero-order chi connectivity index (χ0) is 25.9. The van der Waals surface area contributed by atoms with Crippen LogP contribution in [0.15, 0.2) is 53.4 Å². The SMILES string of the molecule is CN(C)c1nc(NCC2CCC(CNS(=O)(=O)c3cccc(C(F)(F)F)c3)CC2)nc2ccccc12. The molecule has 1 aliphatic carbocycles. The average Bonchev–Trinajstić information content (AvgIpc) is 2.86. The Morgan fingerprint density at radius 3 is 2.28 bits per heavy atom. The van der Waals surface area contributed by atoms with Gasteiger partial charge in [0.15, 0.2) is 0 Å². The van der Waals surface area contributed by atoms with Crippen LogP contribution in [-0.2, 0) is 16.2 Å². The topological polar surface area (TPSA) is 87.2 Å². The number of anilines is 2. The van der Waals surface area contributed by atoms with Gasteiger partial charge in [0, 0.05) is 32.6 Å². The first-order valence-corrected chi connectivity index (χ1v) is 13.4. The van der Waals surface area contributed by atoms with Gasteiger partial charge in [-0.1, -0.05) is 18.2 Å². The summed E-state index contributed by atoms with van der Waals surface area (Å²) in [7, 11) is -0.123. The summed E-state index contributed by atoms with van der Waals surface area (Å²) in [5.41, 5.74) is -0.109. The number of sulfonamides is 1. The number of nitrogens with one attached hydrogen (secondary N) is 2. The first kappa shape index (κ1) is 26.2. The van der Waals surface area contributed by atoms with Crippen LogP contribution in [0.25, 0.3) is 10.9 Å². The van der Waals surface area contributed by atoms with Gasteiger partial charge in [-0.25, -0.2) is 18.1 Å². The quantitative estimate of drug-likeness (QED) is 0.438. The van der Waals surface area contributed by atoms with Gasteiger partial charge in [0.25, 0.3) is 0 Å². The molecule has 3 aromatic rings. The van der Waals surface area contributed by atoms with Crippen LogP contribution in [0, 0.1) is 11.8 Å². The Morgan fingerprint density at radius 1 is 0.944 bits per heavy atom. The Labute approximate surface area is 209 Å². The van der Waals surface area contributed by atoms with Crippen molar-refractivity contribution in [3.05, 3.63) is 54.1 Å². The van der Waals surface area contributed by atoms with Gasteiger partial charge in [0.2, 0.25) is 16.0 Å². The fourth-order valence-corrected chi connectivity index (χ4v) is 5.67. The van der Waals surface area contributed by atoms with Crippen LogP contribution in [0.2, 0.25) is 0 Å². The number of benzene rings is 2. The van der Waals surface area contributed by atoms with Crippen LogP contribution >= 0.6 is 0 Å². The van der Waals surface area contributed by atoms with E-state index in [-0.39, 0.29) is 17.4 Å². The lowest BCUT2D eigenvalue weighted by atomic mass is 9.82. The molecular weight excluding hydrogens is 491 g/mol. The summed E-state index contributed by atoms with van der Waals surface area (Å²) in [4.78, 5) is 10.9. The Morgan fingerprint density at radius 2 is 1.61 bits per heavy atom. The van der Waals surface area contributed by atoms with Crippen molar-refractivity contribution in [1.29, 1.82) is 0 Å². The Balaban J connectivity index is 1.29. The zero-order valence-corrected chi connectivity index (χ0v) is 21.0. The number of alkyl halides is 3. The van der Waals surface area contributed by atoms with E-state index in [9.17, 15) is 21.6 Å². The molecule has 0 spiro atoms. The molecule has 0 aliphatic heterocycles. The lowest BCUT2D eigenvalue weighted by Crippen LogP contribution is -2.32. The number of halogens is 3. The average molecular weight is 522 g/mol. The normalized spacial score (nSPS) is 18.8. The molecule has 2 aromatic carbocycles. The standard InChI is InChI=1S/C25H30F3N5O2S/c1-33(2)23-21-8-3-4-9-22(21)31-24(32-23)29-15-17-10-12-18(13-11-17)16-30-36(34,35)20-7-5-6-19(14-20)25(26,27)28/h3-9,14,17-18,30H,10-13,15-16H2,1-2H3,(H,29,31,32). The third-order valence-corrected chi connectivity index (χ3v) is 7.98. The second-order valence-corrected chi connectivity index (χ2v) is 11.2. The Kier molecular flexibility index (Phi) is 7.70. The van der Waals surface area contributed by atoms with Crippen molar-refractivity contribution in [2.75, 3.05) is 37.4 Å². The predicted molar refractivity (Wildman–Crippen MR) is 134 cm³/mol. The molecule has 194 valence electrons.